The monoisotopic (exact) mass is 474 g/mol. The van der Waals surface area contributed by atoms with Crippen LogP contribution in [0.2, 0.25) is 0 Å². The molecular weight excluding hydrogens is 447 g/mol. The number of hydrogen-bond acceptors (Lipinski definition) is 8. The Morgan fingerprint density at radius 1 is 1.26 bits per heavy atom. The van der Waals surface area contributed by atoms with Gasteiger partial charge in [0, 0.05) is 35.6 Å². The first-order chi connectivity index (χ1) is 15.9. The number of Topliss-reactive ketones (excluding diaryl/α,β-unsaturated/α-hetero) is 2. The normalized spacial score (nSPS) is 26.5. The molecule has 0 saturated heterocycles. The number of phenols is 1. The zero-order valence-electron chi connectivity index (χ0n) is 18.8. The Kier molecular flexibility index (Phi) is 5.77. The summed E-state index contributed by atoms with van der Waals surface area (Å²) in [5.74, 6) is -7.64. The minimum absolute atomic E-state index is 0.00179. The number of aliphatic hydroxyl groups is 3. The second-order valence-electron chi connectivity index (χ2n) is 9.66. The van der Waals surface area contributed by atoms with Crippen LogP contribution in [0.25, 0.3) is 0 Å². The molecule has 7 N–H and O–H groups in total. The van der Waals surface area contributed by atoms with E-state index < -0.39 is 63.6 Å². The van der Waals surface area contributed by atoms with Crippen LogP contribution in [-0.2, 0) is 22.6 Å². The third-order valence-corrected chi connectivity index (χ3v) is 6.94. The van der Waals surface area contributed by atoms with Gasteiger partial charge in [0.1, 0.15) is 28.7 Å². The van der Waals surface area contributed by atoms with E-state index in [2.05, 4.69) is 5.32 Å². The van der Waals surface area contributed by atoms with E-state index in [1.54, 1.807) is 0 Å². The highest BCUT2D eigenvalue weighted by molar-refractivity contribution is 6.24. The van der Waals surface area contributed by atoms with Gasteiger partial charge in [0.25, 0.3) is 5.91 Å². The lowest BCUT2D eigenvalue weighted by molar-refractivity contribution is -0.144. The number of amides is 1. The van der Waals surface area contributed by atoms with Crippen molar-refractivity contribution in [2.24, 2.45) is 23.5 Å². The van der Waals surface area contributed by atoms with Crippen LogP contribution in [0.3, 0.4) is 0 Å². The van der Waals surface area contributed by atoms with Gasteiger partial charge in [-0.25, -0.2) is 4.39 Å². The summed E-state index contributed by atoms with van der Waals surface area (Å²) in [7, 11) is 0. The van der Waals surface area contributed by atoms with Crippen LogP contribution < -0.4 is 11.1 Å². The lowest BCUT2D eigenvalue weighted by Gasteiger charge is -2.45. The van der Waals surface area contributed by atoms with Crippen molar-refractivity contribution in [1.82, 2.24) is 5.32 Å². The van der Waals surface area contributed by atoms with Crippen LogP contribution in [0.15, 0.2) is 28.7 Å². The number of carbonyl (C=O) groups is 3. The van der Waals surface area contributed by atoms with Crippen molar-refractivity contribution in [3.63, 3.8) is 0 Å². The van der Waals surface area contributed by atoms with Crippen molar-refractivity contribution < 1.29 is 39.2 Å². The fourth-order valence-corrected chi connectivity index (χ4v) is 5.35. The standard InChI is InChI=1S/C24H27FN2O7/c1-9(2)7-27-8-11-5-14(28)17-13(19(11)25)4-10-3-12-6-15(29)18(23(26)33)22(32)24(12,34)21(31)16(10)20(17)30/h5,9-10,12,27-29,31,34H,3-4,6-8H2,1-2H3,(H2,26,33)/t10?,12-,24-/m0/s1. The molecule has 182 valence electrons. The van der Waals surface area contributed by atoms with Crippen LogP contribution in [0.5, 0.6) is 5.75 Å². The highest BCUT2D eigenvalue weighted by Crippen LogP contribution is 2.51. The first-order valence-corrected chi connectivity index (χ1v) is 11.1. The maximum absolute atomic E-state index is 15.4. The summed E-state index contributed by atoms with van der Waals surface area (Å²) in [6.07, 6.45) is -0.437. The summed E-state index contributed by atoms with van der Waals surface area (Å²) in [6.45, 7) is 4.75. The molecule has 3 aliphatic carbocycles. The minimum Gasteiger partial charge on any atom is -0.511 e. The molecule has 0 radical (unpaired) electrons. The fourth-order valence-electron chi connectivity index (χ4n) is 5.35. The van der Waals surface area contributed by atoms with Crippen molar-refractivity contribution in [2.75, 3.05) is 6.54 Å². The first kappa shape index (κ1) is 23.9. The predicted octanol–water partition coefficient (Wildman–Crippen LogP) is 1.47. The van der Waals surface area contributed by atoms with Crippen LogP contribution in [-0.4, -0.2) is 50.0 Å². The van der Waals surface area contributed by atoms with E-state index in [0.29, 0.717) is 12.5 Å². The van der Waals surface area contributed by atoms with Gasteiger partial charge in [-0.3, -0.25) is 14.4 Å². The Morgan fingerprint density at radius 2 is 1.94 bits per heavy atom. The van der Waals surface area contributed by atoms with Crippen LogP contribution in [0, 0.1) is 23.6 Å². The molecule has 9 nitrogen and oxygen atoms in total. The number of nitrogens with two attached hydrogens (primary N) is 1. The molecule has 1 amide bonds. The van der Waals surface area contributed by atoms with Gasteiger partial charge in [0.2, 0.25) is 5.78 Å². The second-order valence-corrected chi connectivity index (χ2v) is 9.66. The van der Waals surface area contributed by atoms with E-state index in [4.69, 9.17) is 5.73 Å². The van der Waals surface area contributed by atoms with Gasteiger partial charge in [-0.1, -0.05) is 13.8 Å². The van der Waals surface area contributed by atoms with Crippen molar-refractivity contribution in [1.29, 1.82) is 0 Å². The summed E-state index contributed by atoms with van der Waals surface area (Å²) >= 11 is 0. The molecule has 1 unspecified atom stereocenters. The zero-order valence-corrected chi connectivity index (χ0v) is 18.8. The number of phenolic OH excluding ortho intramolecular Hbond substituents is 1. The number of halogens is 1. The Labute approximate surface area is 194 Å². The van der Waals surface area contributed by atoms with E-state index >= 15 is 4.39 Å². The number of hydrogen-bond donors (Lipinski definition) is 6. The van der Waals surface area contributed by atoms with E-state index in [0.717, 1.165) is 6.07 Å². The largest absolute Gasteiger partial charge is 0.511 e. The molecule has 3 aliphatic rings. The molecule has 0 saturated carbocycles. The molecule has 3 atom stereocenters. The lowest BCUT2D eigenvalue weighted by atomic mass is 9.60. The number of allylic oxidation sites excluding steroid dienone is 2. The number of fused-ring (bicyclic) bond motifs is 3. The smallest absolute Gasteiger partial charge is 0.255 e. The van der Waals surface area contributed by atoms with E-state index in [9.17, 15) is 34.8 Å². The third kappa shape index (κ3) is 3.40. The average molecular weight is 474 g/mol. The average Bonchev–Trinajstić information content (AvgIpc) is 2.73. The Balaban J connectivity index is 1.79. The molecule has 1 aromatic rings. The van der Waals surface area contributed by atoms with Gasteiger partial charge in [-0.05, 0) is 37.3 Å². The molecule has 4 rings (SSSR count). The number of nitrogens with one attached hydrogen (secondary N) is 1. The van der Waals surface area contributed by atoms with Crippen LogP contribution in [0.4, 0.5) is 4.39 Å². The molecular formula is C24H27FN2O7. The Bertz CT molecular complexity index is 1190. The molecule has 0 heterocycles. The Morgan fingerprint density at radius 3 is 2.56 bits per heavy atom. The highest BCUT2D eigenvalue weighted by atomic mass is 19.1. The highest BCUT2D eigenvalue weighted by Gasteiger charge is 2.59. The van der Waals surface area contributed by atoms with Crippen molar-refractivity contribution in [2.45, 2.75) is 45.3 Å². The van der Waals surface area contributed by atoms with Crippen molar-refractivity contribution in [3.05, 3.63) is 51.2 Å². The summed E-state index contributed by atoms with van der Waals surface area (Å²) in [6, 6.07) is 1.15. The minimum atomic E-state index is -2.63. The van der Waals surface area contributed by atoms with Gasteiger partial charge >= 0.3 is 0 Å². The van der Waals surface area contributed by atoms with Crippen LogP contribution in [0.1, 0.15) is 48.2 Å². The molecule has 0 aromatic heterocycles. The van der Waals surface area contributed by atoms with Crippen molar-refractivity contribution in [3.8, 4) is 5.75 Å². The van der Waals surface area contributed by atoms with Gasteiger partial charge in [-0.15, -0.1) is 0 Å². The number of benzene rings is 1. The maximum Gasteiger partial charge on any atom is 0.255 e. The summed E-state index contributed by atoms with van der Waals surface area (Å²) in [5.41, 5.74) is 1.24. The number of ketones is 2. The molecule has 0 spiro atoms. The van der Waals surface area contributed by atoms with E-state index in [1.165, 1.54) is 0 Å². The fraction of sp³-hybridized carbons (Fsp3) is 0.458. The third-order valence-electron chi connectivity index (χ3n) is 6.94. The van der Waals surface area contributed by atoms with Gasteiger partial charge < -0.3 is 31.5 Å². The molecule has 1 aromatic carbocycles. The van der Waals surface area contributed by atoms with E-state index in [1.807, 2.05) is 13.8 Å². The first-order valence-electron chi connectivity index (χ1n) is 11.1. The molecule has 34 heavy (non-hydrogen) atoms. The molecule has 10 heteroatoms. The number of aliphatic hydroxyl groups excluding tert-OH is 2. The topological polar surface area (TPSA) is 170 Å². The summed E-state index contributed by atoms with van der Waals surface area (Å²) in [5, 5.41) is 45.9. The number of rotatable bonds is 5. The molecule has 0 bridgehead atoms. The number of primary amides is 1. The molecule has 0 aliphatic heterocycles. The Hall–Kier alpha value is -3.24. The number of carbonyl (C=O) groups excluding carboxylic acids is 3. The second kappa shape index (κ2) is 8.21. The predicted molar refractivity (Wildman–Crippen MR) is 117 cm³/mol. The molecule has 0 fully saturated rings. The summed E-state index contributed by atoms with van der Waals surface area (Å²) < 4.78 is 15.4. The maximum atomic E-state index is 15.4. The summed E-state index contributed by atoms with van der Waals surface area (Å²) in [4.78, 5) is 37.9. The van der Waals surface area contributed by atoms with Crippen molar-refractivity contribution >= 4 is 17.5 Å². The lowest BCUT2D eigenvalue weighted by Crippen LogP contribution is -2.57. The van der Waals surface area contributed by atoms with Crippen LogP contribution >= 0.6 is 0 Å². The zero-order chi connectivity index (χ0) is 25.1. The van der Waals surface area contributed by atoms with Gasteiger partial charge in [0.05, 0.1) is 5.56 Å². The van der Waals surface area contributed by atoms with Gasteiger partial charge in [0.15, 0.2) is 11.4 Å². The number of aromatic hydroxyl groups is 1. The SMILES string of the molecule is CC(C)CNCc1cc(O)c2c(c1F)CC1C[C@H]3CC(O)=C(C(N)=O)C(=O)[C@@]3(O)C(O)=C1C2=O. The van der Waals surface area contributed by atoms with Gasteiger partial charge in [-0.2, -0.15) is 0 Å². The quantitative estimate of drug-likeness (QED) is 0.348. The van der Waals surface area contributed by atoms with E-state index in [-0.39, 0.29) is 48.1 Å².